The van der Waals surface area contributed by atoms with E-state index in [1.807, 2.05) is 0 Å². The van der Waals surface area contributed by atoms with Crippen LogP contribution in [0.3, 0.4) is 0 Å². The Labute approximate surface area is 124 Å². The fourth-order valence-electron chi connectivity index (χ4n) is 2.96. The molecule has 0 saturated carbocycles. The molecule has 20 heavy (non-hydrogen) atoms. The molecule has 0 spiro atoms. The summed E-state index contributed by atoms with van der Waals surface area (Å²) in [6.07, 6.45) is 3.80. The molecule has 1 aliphatic heterocycles. The maximum Gasteiger partial charge on any atom is 0.0291 e. The minimum absolute atomic E-state index is 0.456. The molecule has 0 aliphatic carbocycles. The van der Waals surface area contributed by atoms with E-state index in [1.54, 1.807) is 0 Å². The van der Waals surface area contributed by atoms with Crippen LogP contribution in [0.1, 0.15) is 50.8 Å². The van der Waals surface area contributed by atoms with Crippen molar-refractivity contribution >= 4 is 0 Å². The van der Waals surface area contributed by atoms with Crippen molar-refractivity contribution < 1.29 is 0 Å². The van der Waals surface area contributed by atoms with Crippen LogP contribution in [-0.4, -0.2) is 19.6 Å². The highest BCUT2D eigenvalue weighted by Gasteiger charge is 2.14. The third-order valence-corrected chi connectivity index (χ3v) is 4.30. The van der Waals surface area contributed by atoms with E-state index in [2.05, 4.69) is 55.7 Å². The zero-order valence-corrected chi connectivity index (χ0v) is 13.3. The third kappa shape index (κ3) is 4.92. The zero-order valence-electron chi connectivity index (χ0n) is 13.3. The van der Waals surface area contributed by atoms with E-state index in [4.69, 9.17) is 0 Å². The molecule has 1 unspecified atom stereocenters. The van der Waals surface area contributed by atoms with Crippen molar-refractivity contribution in [1.29, 1.82) is 0 Å². The lowest BCUT2D eigenvalue weighted by atomic mass is 9.97. The third-order valence-electron chi connectivity index (χ3n) is 4.30. The number of rotatable bonds is 6. The molecule has 0 aromatic heterocycles. The largest absolute Gasteiger partial charge is 0.317 e. The first-order chi connectivity index (χ1) is 9.65. The molecule has 0 bridgehead atoms. The fraction of sp³-hybridized carbons (Fsp3) is 0.667. The van der Waals surface area contributed by atoms with E-state index < -0.39 is 0 Å². The van der Waals surface area contributed by atoms with E-state index >= 15 is 0 Å². The van der Waals surface area contributed by atoms with Gasteiger partial charge in [-0.3, -0.25) is 0 Å². The summed E-state index contributed by atoms with van der Waals surface area (Å²) in [4.78, 5) is 0. The Hall–Kier alpha value is -0.860. The van der Waals surface area contributed by atoms with Gasteiger partial charge in [0.25, 0.3) is 0 Å². The quantitative estimate of drug-likeness (QED) is 0.829. The van der Waals surface area contributed by atoms with Gasteiger partial charge in [0.05, 0.1) is 0 Å². The molecule has 0 radical (unpaired) electrons. The van der Waals surface area contributed by atoms with Gasteiger partial charge in [0, 0.05) is 6.04 Å². The van der Waals surface area contributed by atoms with Crippen molar-refractivity contribution in [2.24, 2.45) is 11.8 Å². The molecule has 1 fully saturated rings. The molecule has 2 heteroatoms. The van der Waals surface area contributed by atoms with Gasteiger partial charge in [-0.05, 0) is 68.8 Å². The molecule has 1 heterocycles. The Morgan fingerprint density at radius 1 is 1.10 bits per heavy atom. The van der Waals surface area contributed by atoms with Gasteiger partial charge in [-0.2, -0.15) is 0 Å². The summed E-state index contributed by atoms with van der Waals surface area (Å²) in [5.41, 5.74) is 2.86. The fourth-order valence-corrected chi connectivity index (χ4v) is 2.96. The van der Waals surface area contributed by atoms with Crippen LogP contribution >= 0.6 is 0 Å². The standard InChI is InChI=1S/C18H30N2/c1-14(2)12-16-4-6-18(7-5-16)15(3)20-13-17-8-10-19-11-9-17/h4-7,14-15,17,19-20H,8-13H2,1-3H3. The van der Waals surface area contributed by atoms with Crippen LogP contribution in [0.15, 0.2) is 24.3 Å². The maximum absolute atomic E-state index is 3.70. The number of benzene rings is 1. The Kier molecular flexibility index (Phi) is 6.06. The van der Waals surface area contributed by atoms with Gasteiger partial charge in [-0.1, -0.05) is 38.1 Å². The summed E-state index contributed by atoms with van der Waals surface area (Å²) in [6.45, 7) is 10.3. The van der Waals surface area contributed by atoms with Gasteiger partial charge in [0.2, 0.25) is 0 Å². The first-order valence-corrected chi connectivity index (χ1v) is 8.18. The molecular weight excluding hydrogens is 244 g/mol. The second-order valence-electron chi connectivity index (χ2n) is 6.66. The molecule has 1 aromatic rings. The summed E-state index contributed by atoms with van der Waals surface area (Å²) < 4.78 is 0. The van der Waals surface area contributed by atoms with Crippen LogP contribution in [0.4, 0.5) is 0 Å². The molecule has 112 valence electrons. The Balaban J connectivity index is 1.80. The van der Waals surface area contributed by atoms with Crippen molar-refractivity contribution in [2.75, 3.05) is 19.6 Å². The van der Waals surface area contributed by atoms with Crippen molar-refractivity contribution in [2.45, 2.75) is 46.1 Å². The number of nitrogens with one attached hydrogen (secondary N) is 2. The van der Waals surface area contributed by atoms with Gasteiger partial charge < -0.3 is 10.6 Å². The summed E-state index contributed by atoms with van der Waals surface area (Å²) in [5.74, 6) is 1.58. The average molecular weight is 274 g/mol. The van der Waals surface area contributed by atoms with E-state index in [0.717, 1.165) is 18.4 Å². The number of hydrogen-bond acceptors (Lipinski definition) is 2. The first-order valence-electron chi connectivity index (χ1n) is 8.18. The smallest absolute Gasteiger partial charge is 0.0291 e. The minimum atomic E-state index is 0.456. The topological polar surface area (TPSA) is 24.1 Å². The lowest BCUT2D eigenvalue weighted by Crippen LogP contribution is -2.34. The van der Waals surface area contributed by atoms with Crippen molar-refractivity contribution in [3.63, 3.8) is 0 Å². The highest BCUT2D eigenvalue weighted by molar-refractivity contribution is 5.25. The zero-order chi connectivity index (χ0) is 14.4. The Bertz CT molecular complexity index is 377. The first kappa shape index (κ1) is 15.5. The molecule has 1 atom stereocenters. The molecule has 2 nitrogen and oxygen atoms in total. The van der Waals surface area contributed by atoms with Crippen LogP contribution in [0, 0.1) is 11.8 Å². The highest BCUT2D eigenvalue weighted by atomic mass is 14.9. The molecule has 1 aromatic carbocycles. The molecule has 2 N–H and O–H groups in total. The predicted molar refractivity (Wildman–Crippen MR) is 87.0 cm³/mol. The summed E-state index contributed by atoms with van der Waals surface area (Å²) >= 11 is 0. The van der Waals surface area contributed by atoms with Crippen molar-refractivity contribution in [1.82, 2.24) is 10.6 Å². The molecule has 1 aliphatic rings. The lowest BCUT2D eigenvalue weighted by molar-refractivity contribution is 0.345. The summed E-state index contributed by atoms with van der Waals surface area (Å²) in [5, 5.41) is 7.13. The van der Waals surface area contributed by atoms with Crippen molar-refractivity contribution in [3.8, 4) is 0 Å². The molecule has 2 rings (SSSR count). The second kappa shape index (κ2) is 7.80. The Morgan fingerprint density at radius 2 is 1.75 bits per heavy atom. The monoisotopic (exact) mass is 274 g/mol. The summed E-state index contributed by atoms with van der Waals surface area (Å²) in [6, 6.07) is 9.61. The van der Waals surface area contributed by atoms with Gasteiger partial charge in [-0.15, -0.1) is 0 Å². The van der Waals surface area contributed by atoms with Gasteiger partial charge in [0.15, 0.2) is 0 Å². The van der Waals surface area contributed by atoms with Crippen LogP contribution in [0.5, 0.6) is 0 Å². The summed E-state index contributed by atoms with van der Waals surface area (Å²) in [7, 11) is 0. The van der Waals surface area contributed by atoms with E-state index in [-0.39, 0.29) is 0 Å². The van der Waals surface area contributed by atoms with E-state index in [9.17, 15) is 0 Å². The van der Waals surface area contributed by atoms with Gasteiger partial charge in [-0.25, -0.2) is 0 Å². The highest BCUT2D eigenvalue weighted by Crippen LogP contribution is 2.17. The second-order valence-corrected chi connectivity index (χ2v) is 6.66. The van der Waals surface area contributed by atoms with E-state index in [0.29, 0.717) is 6.04 Å². The van der Waals surface area contributed by atoms with Crippen LogP contribution in [-0.2, 0) is 6.42 Å². The molecule has 1 saturated heterocycles. The minimum Gasteiger partial charge on any atom is -0.317 e. The number of hydrogen-bond donors (Lipinski definition) is 2. The normalized spacial score (nSPS) is 18.4. The SMILES string of the molecule is CC(C)Cc1ccc(C(C)NCC2CCNCC2)cc1. The lowest BCUT2D eigenvalue weighted by Gasteiger charge is -2.25. The molecular formula is C18H30N2. The van der Waals surface area contributed by atoms with Crippen LogP contribution in [0.2, 0.25) is 0 Å². The van der Waals surface area contributed by atoms with Crippen LogP contribution in [0.25, 0.3) is 0 Å². The average Bonchev–Trinajstić information content (AvgIpc) is 2.46. The predicted octanol–water partition coefficient (Wildman–Crippen LogP) is 3.54. The maximum atomic E-state index is 3.70. The Morgan fingerprint density at radius 3 is 2.35 bits per heavy atom. The molecule has 0 amide bonds. The van der Waals surface area contributed by atoms with E-state index in [1.165, 1.54) is 43.5 Å². The van der Waals surface area contributed by atoms with Gasteiger partial charge in [0.1, 0.15) is 0 Å². The van der Waals surface area contributed by atoms with Gasteiger partial charge >= 0.3 is 0 Å². The van der Waals surface area contributed by atoms with Crippen LogP contribution < -0.4 is 10.6 Å². The number of piperidine rings is 1. The van der Waals surface area contributed by atoms with Crippen molar-refractivity contribution in [3.05, 3.63) is 35.4 Å².